The molecule has 0 radical (unpaired) electrons. The van der Waals surface area contributed by atoms with E-state index in [9.17, 15) is 0 Å². The van der Waals surface area contributed by atoms with Crippen molar-refractivity contribution in [1.82, 2.24) is 15.1 Å². The minimum Gasteiger partial charge on any atom is -0.314 e. The van der Waals surface area contributed by atoms with E-state index < -0.39 is 0 Å². The Labute approximate surface area is 115 Å². The largest absolute Gasteiger partial charge is 0.314 e. The lowest BCUT2D eigenvalue weighted by Crippen LogP contribution is -2.32. The Morgan fingerprint density at radius 2 is 2.21 bits per heavy atom. The summed E-state index contributed by atoms with van der Waals surface area (Å²) < 4.78 is 2.16. The number of aromatic nitrogens is 2. The molecule has 1 fully saturated rings. The molecule has 1 heterocycles. The Morgan fingerprint density at radius 1 is 1.32 bits per heavy atom. The van der Waals surface area contributed by atoms with Crippen LogP contribution in [0.4, 0.5) is 0 Å². The van der Waals surface area contributed by atoms with Crippen LogP contribution in [0.1, 0.15) is 32.6 Å². The van der Waals surface area contributed by atoms with Crippen LogP contribution in [-0.2, 0) is 6.54 Å². The van der Waals surface area contributed by atoms with E-state index in [0.29, 0.717) is 0 Å². The molecule has 1 aliphatic carbocycles. The quantitative estimate of drug-likeness (QED) is 0.891. The van der Waals surface area contributed by atoms with Crippen LogP contribution in [0.2, 0.25) is 0 Å². The lowest BCUT2D eigenvalue weighted by atomic mass is 9.99. The average Bonchev–Trinajstić information content (AvgIpc) is 3.04. The third-order valence-electron chi connectivity index (χ3n) is 4.39. The lowest BCUT2D eigenvalue weighted by molar-refractivity contribution is 0.361. The first-order valence-corrected chi connectivity index (χ1v) is 7.52. The van der Waals surface area contributed by atoms with Crippen LogP contribution in [0.15, 0.2) is 30.5 Å². The second kappa shape index (κ2) is 5.74. The van der Waals surface area contributed by atoms with Gasteiger partial charge < -0.3 is 5.32 Å². The zero-order valence-electron chi connectivity index (χ0n) is 11.7. The molecular weight excluding hydrogens is 234 g/mol. The van der Waals surface area contributed by atoms with E-state index in [4.69, 9.17) is 0 Å². The van der Waals surface area contributed by atoms with Crippen molar-refractivity contribution in [3.8, 4) is 0 Å². The molecule has 2 atom stereocenters. The van der Waals surface area contributed by atoms with E-state index in [2.05, 4.69) is 46.3 Å². The first-order chi connectivity index (χ1) is 9.38. The van der Waals surface area contributed by atoms with Gasteiger partial charge in [-0.05, 0) is 37.8 Å². The maximum Gasteiger partial charge on any atom is 0.0682 e. The van der Waals surface area contributed by atoms with Crippen LogP contribution in [0.3, 0.4) is 0 Å². The normalized spacial score (nSPS) is 23.2. The summed E-state index contributed by atoms with van der Waals surface area (Å²) in [6.07, 6.45) is 7.31. The van der Waals surface area contributed by atoms with Crippen LogP contribution in [0.25, 0.3) is 10.9 Å². The van der Waals surface area contributed by atoms with Crippen molar-refractivity contribution < 1.29 is 0 Å². The SMILES string of the molecule is CCNC1CCCC1CCn1ncc2ccccc21. The summed E-state index contributed by atoms with van der Waals surface area (Å²) in [5.41, 5.74) is 1.26. The van der Waals surface area contributed by atoms with Crippen molar-refractivity contribution >= 4 is 10.9 Å². The van der Waals surface area contributed by atoms with Crippen LogP contribution < -0.4 is 5.32 Å². The van der Waals surface area contributed by atoms with E-state index >= 15 is 0 Å². The number of rotatable bonds is 5. The standard InChI is InChI=1S/C16H23N3/c1-2-17-15-8-5-7-13(15)10-11-19-16-9-4-3-6-14(16)12-18-19/h3-4,6,9,12-13,15,17H,2,5,7-8,10-11H2,1H3. The highest BCUT2D eigenvalue weighted by atomic mass is 15.3. The summed E-state index contributed by atoms with van der Waals surface area (Å²) in [7, 11) is 0. The molecule has 0 amide bonds. The van der Waals surface area contributed by atoms with Gasteiger partial charge in [0, 0.05) is 18.0 Å². The highest BCUT2D eigenvalue weighted by molar-refractivity contribution is 5.78. The Balaban J connectivity index is 1.65. The van der Waals surface area contributed by atoms with Gasteiger partial charge in [0.25, 0.3) is 0 Å². The van der Waals surface area contributed by atoms with Gasteiger partial charge in [0.05, 0.1) is 11.7 Å². The minimum atomic E-state index is 0.729. The number of para-hydroxylation sites is 1. The fourth-order valence-electron chi connectivity index (χ4n) is 3.41. The molecule has 1 aliphatic rings. The molecule has 0 spiro atoms. The van der Waals surface area contributed by atoms with Gasteiger partial charge in [-0.25, -0.2) is 0 Å². The summed E-state index contributed by atoms with van der Waals surface area (Å²) >= 11 is 0. The minimum absolute atomic E-state index is 0.729. The molecule has 102 valence electrons. The fourth-order valence-corrected chi connectivity index (χ4v) is 3.41. The van der Waals surface area contributed by atoms with E-state index in [1.807, 2.05) is 6.20 Å². The molecule has 2 aromatic rings. The Bertz CT molecular complexity index is 532. The van der Waals surface area contributed by atoms with Crippen molar-refractivity contribution in [3.63, 3.8) is 0 Å². The number of nitrogens with one attached hydrogen (secondary N) is 1. The molecular formula is C16H23N3. The van der Waals surface area contributed by atoms with Gasteiger partial charge in [-0.1, -0.05) is 31.5 Å². The van der Waals surface area contributed by atoms with E-state index in [1.165, 1.54) is 36.6 Å². The van der Waals surface area contributed by atoms with Gasteiger partial charge in [-0.15, -0.1) is 0 Å². The van der Waals surface area contributed by atoms with Gasteiger partial charge >= 0.3 is 0 Å². The van der Waals surface area contributed by atoms with Crippen LogP contribution in [-0.4, -0.2) is 22.4 Å². The summed E-state index contributed by atoms with van der Waals surface area (Å²) in [5.74, 6) is 0.822. The van der Waals surface area contributed by atoms with Crippen molar-refractivity contribution in [2.45, 2.75) is 45.2 Å². The number of benzene rings is 1. The number of nitrogens with zero attached hydrogens (tertiary/aromatic N) is 2. The fraction of sp³-hybridized carbons (Fsp3) is 0.562. The third kappa shape index (κ3) is 2.66. The van der Waals surface area contributed by atoms with E-state index in [0.717, 1.165) is 25.0 Å². The van der Waals surface area contributed by atoms with E-state index in [1.54, 1.807) is 0 Å². The summed E-state index contributed by atoms with van der Waals surface area (Å²) in [6.45, 7) is 4.34. The van der Waals surface area contributed by atoms with Gasteiger partial charge in [-0.2, -0.15) is 5.10 Å². The highest BCUT2D eigenvalue weighted by Gasteiger charge is 2.26. The second-order valence-corrected chi connectivity index (χ2v) is 5.57. The van der Waals surface area contributed by atoms with Gasteiger partial charge in [0.2, 0.25) is 0 Å². The zero-order chi connectivity index (χ0) is 13.1. The first-order valence-electron chi connectivity index (χ1n) is 7.52. The highest BCUT2D eigenvalue weighted by Crippen LogP contribution is 2.29. The van der Waals surface area contributed by atoms with Crippen LogP contribution >= 0.6 is 0 Å². The molecule has 1 aromatic heterocycles. The van der Waals surface area contributed by atoms with Crippen molar-refractivity contribution in [3.05, 3.63) is 30.5 Å². The number of aryl methyl sites for hydroxylation is 1. The summed E-state index contributed by atoms with van der Waals surface area (Å²) in [4.78, 5) is 0. The monoisotopic (exact) mass is 257 g/mol. The second-order valence-electron chi connectivity index (χ2n) is 5.57. The molecule has 1 N–H and O–H groups in total. The molecule has 1 saturated carbocycles. The van der Waals surface area contributed by atoms with Crippen molar-refractivity contribution in [2.24, 2.45) is 5.92 Å². The molecule has 19 heavy (non-hydrogen) atoms. The Kier molecular flexibility index (Phi) is 3.83. The zero-order valence-corrected chi connectivity index (χ0v) is 11.7. The summed E-state index contributed by atoms with van der Waals surface area (Å²) in [5, 5.41) is 9.40. The van der Waals surface area contributed by atoms with Crippen molar-refractivity contribution in [2.75, 3.05) is 6.54 Å². The third-order valence-corrected chi connectivity index (χ3v) is 4.39. The smallest absolute Gasteiger partial charge is 0.0682 e. The number of hydrogen-bond acceptors (Lipinski definition) is 2. The predicted octanol–water partition coefficient (Wildman–Crippen LogP) is 3.20. The van der Waals surface area contributed by atoms with Gasteiger partial charge in [0.15, 0.2) is 0 Å². The average molecular weight is 257 g/mol. The van der Waals surface area contributed by atoms with Crippen molar-refractivity contribution in [1.29, 1.82) is 0 Å². The Morgan fingerprint density at radius 3 is 3.11 bits per heavy atom. The molecule has 0 bridgehead atoms. The van der Waals surface area contributed by atoms with E-state index in [-0.39, 0.29) is 0 Å². The summed E-state index contributed by atoms with van der Waals surface area (Å²) in [6, 6.07) is 9.20. The molecule has 1 aromatic carbocycles. The molecule has 3 heteroatoms. The van der Waals surface area contributed by atoms with Gasteiger partial charge in [-0.3, -0.25) is 4.68 Å². The molecule has 2 unspecified atom stereocenters. The topological polar surface area (TPSA) is 29.9 Å². The molecule has 3 nitrogen and oxygen atoms in total. The molecule has 0 aliphatic heterocycles. The Hall–Kier alpha value is -1.35. The lowest BCUT2D eigenvalue weighted by Gasteiger charge is -2.20. The van der Waals surface area contributed by atoms with Gasteiger partial charge in [0.1, 0.15) is 0 Å². The number of fused-ring (bicyclic) bond motifs is 1. The first kappa shape index (κ1) is 12.7. The predicted molar refractivity (Wildman–Crippen MR) is 79.2 cm³/mol. The molecule has 3 rings (SSSR count). The van der Waals surface area contributed by atoms with Crippen LogP contribution in [0.5, 0.6) is 0 Å². The van der Waals surface area contributed by atoms with Crippen LogP contribution in [0, 0.1) is 5.92 Å². The molecule has 0 saturated heterocycles. The maximum atomic E-state index is 4.52. The number of hydrogen-bond donors (Lipinski definition) is 1. The maximum absolute atomic E-state index is 4.52.